The molecule has 5 aliphatic heterocycles. The molecular weight excluding hydrogens is 344 g/mol. The molecule has 5 heterocycles. The van der Waals surface area contributed by atoms with E-state index in [-0.39, 0.29) is 18.6 Å². The summed E-state index contributed by atoms with van der Waals surface area (Å²) in [6.45, 7) is 7.49. The van der Waals surface area contributed by atoms with Crippen molar-refractivity contribution in [1.29, 1.82) is 0 Å². The Morgan fingerprint density at radius 3 is 2.74 bits per heavy atom. The van der Waals surface area contributed by atoms with Gasteiger partial charge in [-0.25, -0.2) is 0 Å². The van der Waals surface area contributed by atoms with Crippen molar-refractivity contribution in [2.45, 2.75) is 50.8 Å². The number of ether oxygens (including phenoxy) is 3. The van der Waals surface area contributed by atoms with Crippen molar-refractivity contribution >= 4 is 5.91 Å². The summed E-state index contributed by atoms with van der Waals surface area (Å²) in [7, 11) is 0. The Kier molecular flexibility index (Phi) is 4.28. The van der Waals surface area contributed by atoms with E-state index < -0.39 is 0 Å². The highest BCUT2D eigenvalue weighted by Gasteiger charge is 2.54. The first-order valence-electron chi connectivity index (χ1n) is 10.2. The highest BCUT2D eigenvalue weighted by molar-refractivity contribution is 5.78. The average molecular weight is 372 g/mol. The van der Waals surface area contributed by atoms with Crippen molar-refractivity contribution in [2.75, 3.05) is 33.0 Å². The number of amides is 1. The Hall–Kier alpha value is -1.79. The van der Waals surface area contributed by atoms with Crippen molar-refractivity contribution in [3.63, 3.8) is 0 Å². The molecule has 4 fully saturated rings. The molecular formula is C21H28N2O4. The number of benzene rings is 1. The van der Waals surface area contributed by atoms with Crippen LogP contribution in [-0.2, 0) is 9.53 Å². The quantitative estimate of drug-likeness (QED) is 0.811. The molecule has 1 amide bonds. The largest absolute Gasteiger partial charge is 0.454 e. The summed E-state index contributed by atoms with van der Waals surface area (Å²) in [6.07, 6.45) is 2.47. The Balaban J connectivity index is 1.44. The second-order valence-corrected chi connectivity index (χ2v) is 8.48. The number of piperidine rings is 3. The van der Waals surface area contributed by atoms with Gasteiger partial charge in [0.15, 0.2) is 11.5 Å². The van der Waals surface area contributed by atoms with E-state index in [2.05, 4.69) is 21.9 Å². The number of nitrogens with zero attached hydrogens (tertiary/aromatic N) is 2. The number of hydrogen-bond acceptors (Lipinski definition) is 5. The van der Waals surface area contributed by atoms with E-state index in [0.29, 0.717) is 30.7 Å². The summed E-state index contributed by atoms with van der Waals surface area (Å²) in [5.41, 5.74) is 1.25. The highest BCUT2D eigenvalue weighted by Crippen LogP contribution is 2.47. The summed E-state index contributed by atoms with van der Waals surface area (Å²) >= 11 is 0. The summed E-state index contributed by atoms with van der Waals surface area (Å²) in [6, 6.07) is 6.99. The van der Waals surface area contributed by atoms with Crippen LogP contribution in [0.5, 0.6) is 11.5 Å². The molecule has 6 rings (SSSR count). The van der Waals surface area contributed by atoms with E-state index >= 15 is 0 Å². The van der Waals surface area contributed by atoms with Crippen molar-refractivity contribution in [2.24, 2.45) is 5.92 Å². The Morgan fingerprint density at radius 1 is 1.19 bits per heavy atom. The number of carbonyl (C=O) groups excluding carboxylic acids is 1. The van der Waals surface area contributed by atoms with Gasteiger partial charge in [-0.05, 0) is 63.4 Å². The van der Waals surface area contributed by atoms with E-state index in [0.717, 1.165) is 31.1 Å². The van der Waals surface area contributed by atoms with Crippen LogP contribution < -0.4 is 9.47 Å². The summed E-state index contributed by atoms with van der Waals surface area (Å²) < 4.78 is 16.7. The van der Waals surface area contributed by atoms with Crippen molar-refractivity contribution in [1.82, 2.24) is 9.80 Å². The van der Waals surface area contributed by atoms with E-state index in [1.807, 2.05) is 19.9 Å². The fourth-order valence-electron chi connectivity index (χ4n) is 5.46. The number of fused-ring (bicyclic) bond motifs is 3. The second kappa shape index (κ2) is 6.67. The third kappa shape index (κ3) is 2.90. The molecule has 2 bridgehead atoms. The molecule has 4 saturated heterocycles. The van der Waals surface area contributed by atoms with Crippen LogP contribution in [0.2, 0.25) is 0 Å². The lowest BCUT2D eigenvalue weighted by Crippen LogP contribution is -2.61. The van der Waals surface area contributed by atoms with Gasteiger partial charge in [0.05, 0.1) is 12.1 Å². The molecule has 27 heavy (non-hydrogen) atoms. The molecule has 0 N–H and O–H groups in total. The van der Waals surface area contributed by atoms with Crippen LogP contribution in [0.3, 0.4) is 0 Å². The molecule has 6 heteroatoms. The first kappa shape index (κ1) is 17.3. The van der Waals surface area contributed by atoms with Gasteiger partial charge in [-0.15, -0.1) is 0 Å². The predicted octanol–water partition coefficient (Wildman–Crippen LogP) is 2.23. The van der Waals surface area contributed by atoms with Crippen LogP contribution in [0.25, 0.3) is 0 Å². The minimum absolute atomic E-state index is 0.0727. The molecule has 0 radical (unpaired) electrons. The molecule has 0 aromatic heterocycles. The Bertz CT molecular complexity index is 729. The molecule has 1 aromatic rings. The number of carbonyl (C=O) groups is 1. The van der Waals surface area contributed by atoms with Gasteiger partial charge >= 0.3 is 0 Å². The fraction of sp³-hybridized carbons (Fsp3) is 0.667. The first-order chi connectivity index (χ1) is 13.1. The van der Waals surface area contributed by atoms with Gasteiger partial charge in [0.1, 0.15) is 6.61 Å². The van der Waals surface area contributed by atoms with Gasteiger partial charge in [-0.3, -0.25) is 9.69 Å². The van der Waals surface area contributed by atoms with Gasteiger partial charge in [0.25, 0.3) is 0 Å². The second-order valence-electron chi connectivity index (χ2n) is 8.48. The lowest BCUT2D eigenvalue weighted by molar-refractivity contribution is -0.142. The van der Waals surface area contributed by atoms with Gasteiger partial charge in [0.2, 0.25) is 12.7 Å². The smallest absolute Gasteiger partial charge is 0.248 e. The Labute approximate surface area is 160 Å². The van der Waals surface area contributed by atoms with E-state index in [9.17, 15) is 4.79 Å². The maximum absolute atomic E-state index is 13.0. The standard InChI is InChI=1S/C21H28N2O4/c1-13(2)25-11-19(24)23-10-16(15-3-4-17-18(9-15)27-12-26-17)21-20(23)14-5-7-22(21)8-6-14/h3-4,9,13-14,16,20-21H,5-8,10-12H2,1-2H3/t16-,20+,21+/m1/s1. The van der Waals surface area contributed by atoms with E-state index in [1.165, 1.54) is 18.4 Å². The summed E-state index contributed by atoms with van der Waals surface area (Å²) in [4.78, 5) is 17.7. The van der Waals surface area contributed by atoms with Crippen LogP contribution >= 0.6 is 0 Å². The SMILES string of the molecule is CC(C)OCC(=O)N1C[C@H](c2ccc3c(c2)OCO3)[C@H]2[C@@H]1C1CCN2CC1. The van der Waals surface area contributed by atoms with Crippen molar-refractivity contribution in [3.05, 3.63) is 23.8 Å². The van der Waals surface area contributed by atoms with Crippen molar-refractivity contribution < 1.29 is 19.0 Å². The molecule has 1 aromatic carbocycles. The van der Waals surface area contributed by atoms with Crippen LogP contribution in [0, 0.1) is 5.92 Å². The van der Waals surface area contributed by atoms with Crippen LogP contribution in [0.15, 0.2) is 18.2 Å². The Morgan fingerprint density at radius 2 is 1.96 bits per heavy atom. The van der Waals surface area contributed by atoms with Gasteiger partial charge in [-0.2, -0.15) is 0 Å². The lowest BCUT2D eigenvalue weighted by atomic mass is 9.75. The third-order valence-corrected chi connectivity index (χ3v) is 6.68. The van der Waals surface area contributed by atoms with E-state index in [4.69, 9.17) is 14.2 Å². The summed E-state index contributed by atoms with van der Waals surface area (Å²) in [5, 5.41) is 0. The average Bonchev–Trinajstić information content (AvgIpc) is 3.32. The highest BCUT2D eigenvalue weighted by atomic mass is 16.7. The number of likely N-dealkylation sites (tertiary alicyclic amines) is 1. The van der Waals surface area contributed by atoms with Gasteiger partial charge in [0, 0.05) is 18.5 Å². The third-order valence-electron chi connectivity index (χ3n) is 6.68. The molecule has 146 valence electrons. The normalized spacial score (nSPS) is 33.6. The number of rotatable bonds is 4. The van der Waals surface area contributed by atoms with Crippen LogP contribution in [0.1, 0.15) is 38.2 Å². The predicted molar refractivity (Wildman–Crippen MR) is 100.0 cm³/mol. The zero-order chi connectivity index (χ0) is 18.5. The zero-order valence-corrected chi connectivity index (χ0v) is 16.1. The molecule has 0 unspecified atom stereocenters. The maximum Gasteiger partial charge on any atom is 0.248 e. The van der Waals surface area contributed by atoms with E-state index in [1.54, 1.807) is 0 Å². The molecule has 0 saturated carbocycles. The molecule has 0 spiro atoms. The molecule has 0 aliphatic carbocycles. The van der Waals surface area contributed by atoms with Gasteiger partial charge < -0.3 is 19.1 Å². The van der Waals surface area contributed by atoms with Crippen LogP contribution in [-0.4, -0.2) is 66.9 Å². The van der Waals surface area contributed by atoms with Gasteiger partial charge in [-0.1, -0.05) is 6.07 Å². The molecule has 5 aliphatic rings. The minimum atomic E-state index is 0.0727. The lowest BCUT2D eigenvalue weighted by Gasteiger charge is -2.51. The first-order valence-corrected chi connectivity index (χ1v) is 10.2. The molecule has 6 nitrogen and oxygen atoms in total. The molecule has 3 atom stereocenters. The monoisotopic (exact) mass is 372 g/mol. The van der Waals surface area contributed by atoms with Crippen molar-refractivity contribution in [3.8, 4) is 11.5 Å². The topological polar surface area (TPSA) is 51.2 Å². The van der Waals surface area contributed by atoms with Crippen LogP contribution in [0.4, 0.5) is 0 Å². The zero-order valence-electron chi connectivity index (χ0n) is 16.1. The minimum Gasteiger partial charge on any atom is -0.454 e. The fourth-order valence-corrected chi connectivity index (χ4v) is 5.46. The summed E-state index contributed by atoms with van der Waals surface area (Å²) in [5.74, 6) is 2.71. The number of hydrogen-bond donors (Lipinski definition) is 0. The maximum atomic E-state index is 13.0.